The number of halogens is 3. The van der Waals surface area contributed by atoms with Crippen LogP contribution in [0.25, 0.3) is 0 Å². The lowest BCUT2D eigenvalue weighted by atomic mass is 10.1. The molecule has 4 nitrogen and oxygen atoms in total. The summed E-state index contributed by atoms with van der Waals surface area (Å²) in [7, 11) is 0. The number of aromatic nitrogens is 2. The lowest BCUT2D eigenvalue weighted by Gasteiger charge is -2.08. The van der Waals surface area contributed by atoms with E-state index >= 15 is 0 Å². The van der Waals surface area contributed by atoms with Gasteiger partial charge in [-0.2, -0.15) is 13.2 Å². The summed E-state index contributed by atoms with van der Waals surface area (Å²) < 4.78 is 38.9. The molecule has 0 unspecified atom stereocenters. The Kier molecular flexibility index (Phi) is 5.85. The van der Waals surface area contributed by atoms with E-state index in [9.17, 15) is 18.0 Å². The Bertz CT molecular complexity index is 876. The summed E-state index contributed by atoms with van der Waals surface area (Å²) in [5.41, 5.74) is -1.98. The lowest BCUT2D eigenvalue weighted by Crippen LogP contribution is -2.22. The maximum atomic E-state index is 12.3. The fraction of sp³-hybridized carbons (Fsp3) is 0.158. The van der Waals surface area contributed by atoms with Crippen LogP contribution in [0.15, 0.2) is 72.1 Å². The highest BCUT2D eigenvalue weighted by Crippen LogP contribution is 2.36. The number of carbonyl (C=O) groups is 1. The number of alkyl halides is 3. The van der Waals surface area contributed by atoms with Crippen LogP contribution in [0.5, 0.6) is 0 Å². The molecule has 1 aromatic heterocycles. The molecule has 3 rings (SSSR count). The topological polar surface area (TPSA) is 46.9 Å². The molecule has 0 saturated carbocycles. The van der Waals surface area contributed by atoms with Gasteiger partial charge in [0.15, 0.2) is 0 Å². The molecule has 3 aromatic rings. The first kappa shape index (κ1) is 19.0. The first-order valence-electron chi connectivity index (χ1n) is 8.07. The van der Waals surface area contributed by atoms with Gasteiger partial charge in [-0.05, 0) is 47.2 Å². The van der Waals surface area contributed by atoms with Crippen LogP contribution in [0.1, 0.15) is 21.5 Å². The molecule has 140 valence electrons. The quantitative estimate of drug-likeness (QED) is 0.631. The van der Waals surface area contributed by atoms with Gasteiger partial charge in [0.1, 0.15) is 0 Å². The lowest BCUT2D eigenvalue weighted by molar-refractivity contribution is -0.0328. The molecule has 1 heterocycles. The molecule has 0 radical (unpaired) electrons. The standard InChI is InChI=1S/C19H16F3N3OS/c20-19(21,22)27-17-7-5-16(6-8-17)18(26)24-11-14-1-3-15(4-2-14)12-25-10-9-23-13-25/h1-10,13H,11-12H2,(H,24,26). The predicted octanol–water partition coefficient (Wildman–Crippen LogP) is 4.47. The van der Waals surface area contributed by atoms with Crippen LogP contribution in [-0.2, 0) is 13.1 Å². The smallest absolute Gasteiger partial charge is 0.348 e. The van der Waals surface area contributed by atoms with Crippen molar-refractivity contribution in [3.63, 3.8) is 0 Å². The average Bonchev–Trinajstić information content (AvgIpc) is 3.13. The second kappa shape index (κ2) is 8.30. The van der Waals surface area contributed by atoms with Crippen molar-refractivity contribution in [2.45, 2.75) is 23.5 Å². The number of benzene rings is 2. The Hall–Kier alpha value is -2.74. The van der Waals surface area contributed by atoms with Gasteiger partial charge in [0.05, 0.1) is 6.33 Å². The molecule has 0 spiro atoms. The minimum atomic E-state index is -4.34. The molecule has 8 heteroatoms. The number of hydrogen-bond donors (Lipinski definition) is 1. The van der Waals surface area contributed by atoms with Gasteiger partial charge in [-0.25, -0.2) is 4.98 Å². The normalized spacial score (nSPS) is 11.4. The maximum Gasteiger partial charge on any atom is 0.446 e. The molecule has 0 fully saturated rings. The Labute approximate surface area is 158 Å². The molecule has 27 heavy (non-hydrogen) atoms. The van der Waals surface area contributed by atoms with Crippen molar-refractivity contribution in [3.8, 4) is 0 Å². The summed E-state index contributed by atoms with van der Waals surface area (Å²) in [4.78, 5) is 16.2. The number of rotatable bonds is 6. The van der Waals surface area contributed by atoms with Gasteiger partial charge < -0.3 is 9.88 Å². The van der Waals surface area contributed by atoms with Crippen molar-refractivity contribution < 1.29 is 18.0 Å². The first-order valence-corrected chi connectivity index (χ1v) is 8.88. The van der Waals surface area contributed by atoms with E-state index in [-0.39, 0.29) is 22.6 Å². The Morgan fingerprint density at radius 1 is 1.04 bits per heavy atom. The van der Waals surface area contributed by atoms with Crippen LogP contribution in [0, 0.1) is 0 Å². The van der Waals surface area contributed by atoms with Gasteiger partial charge in [-0.3, -0.25) is 4.79 Å². The second-order valence-electron chi connectivity index (χ2n) is 5.81. The van der Waals surface area contributed by atoms with E-state index in [0.717, 1.165) is 17.7 Å². The van der Waals surface area contributed by atoms with E-state index in [1.165, 1.54) is 24.3 Å². The molecule has 1 N–H and O–H groups in total. The van der Waals surface area contributed by atoms with Gasteiger partial charge in [-0.15, -0.1) is 0 Å². The van der Waals surface area contributed by atoms with Crippen molar-refractivity contribution in [2.75, 3.05) is 0 Å². The summed E-state index contributed by atoms with van der Waals surface area (Å²) in [5, 5.41) is 2.76. The van der Waals surface area contributed by atoms with Gasteiger partial charge >= 0.3 is 5.51 Å². The Balaban J connectivity index is 1.52. The SMILES string of the molecule is O=C(NCc1ccc(Cn2ccnc2)cc1)c1ccc(SC(F)(F)F)cc1. The van der Waals surface area contributed by atoms with E-state index in [1.807, 2.05) is 35.0 Å². The Morgan fingerprint density at radius 2 is 1.70 bits per heavy atom. The van der Waals surface area contributed by atoms with Crippen LogP contribution in [-0.4, -0.2) is 21.0 Å². The van der Waals surface area contributed by atoms with Gasteiger partial charge in [-0.1, -0.05) is 24.3 Å². The van der Waals surface area contributed by atoms with E-state index in [1.54, 1.807) is 12.5 Å². The monoisotopic (exact) mass is 391 g/mol. The van der Waals surface area contributed by atoms with E-state index < -0.39 is 5.51 Å². The molecular weight excluding hydrogens is 375 g/mol. The zero-order valence-corrected chi connectivity index (χ0v) is 14.9. The third-order valence-electron chi connectivity index (χ3n) is 3.75. The summed E-state index contributed by atoms with van der Waals surface area (Å²) in [6, 6.07) is 13.2. The molecule has 0 bridgehead atoms. The van der Waals surface area contributed by atoms with Crippen LogP contribution in [0.2, 0.25) is 0 Å². The molecule has 1 amide bonds. The van der Waals surface area contributed by atoms with E-state index in [4.69, 9.17) is 0 Å². The third kappa shape index (κ3) is 5.89. The summed E-state index contributed by atoms with van der Waals surface area (Å²) in [6.07, 6.45) is 5.34. The number of amides is 1. The molecular formula is C19H16F3N3OS. The summed E-state index contributed by atoms with van der Waals surface area (Å²) >= 11 is -0.204. The number of carbonyl (C=O) groups excluding carboxylic acids is 1. The van der Waals surface area contributed by atoms with Crippen LogP contribution >= 0.6 is 11.8 Å². The minimum absolute atomic E-state index is 0.0486. The summed E-state index contributed by atoms with van der Waals surface area (Å²) in [6.45, 7) is 1.05. The first-order chi connectivity index (χ1) is 12.9. The average molecular weight is 391 g/mol. The highest BCUT2D eigenvalue weighted by molar-refractivity contribution is 8.00. The van der Waals surface area contributed by atoms with Crippen LogP contribution < -0.4 is 5.32 Å². The highest BCUT2D eigenvalue weighted by Gasteiger charge is 2.29. The van der Waals surface area contributed by atoms with E-state index in [2.05, 4.69) is 10.3 Å². The summed E-state index contributed by atoms with van der Waals surface area (Å²) in [5.74, 6) is -0.332. The number of nitrogens with zero attached hydrogens (tertiary/aromatic N) is 2. The molecule has 0 aliphatic carbocycles. The van der Waals surface area contributed by atoms with Crippen LogP contribution in [0.4, 0.5) is 13.2 Å². The van der Waals surface area contributed by atoms with Gasteiger partial charge in [0, 0.05) is 35.9 Å². The highest BCUT2D eigenvalue weighted by atomic mass is 32.2. The molecule has 0 aliphatic heterocycles. The Morgan fingerprint density at radius 3 is 2.30 bits per heavy atom. The van der Waals surface area contributed by atoms with Gasteiger partial charge in [0.25, 0.3) is 5.91 Å². The van der Waals surface area contributed by atoms with Crippen molar-refractivity contribution >= 4 is 17.7 Å². The largest absolute Gasteiger partial charge is 0.446 e. The fourth-order valence-corrected chi connectivity index (χ4v) is 2.99. The second-order valence-corrected chi connectivity index (χ2v) is 6.94. The zero-order chi connectivity index (χ0) is 19.3. The maximum absolute atomic E-state index is 12.3. The number of imidazole rings is 1. The molecule has 0 atom stereocenters. The predicted molar refractivity (Wildman–Crippen MR) is 97.3 cm³/mol. The number of thioether (sulfide) groups is 1. The number of hydrogen-bond acceptors (Lipinski definition) is 3. The third-order valence-corrected chi connectivity index (χ3v) is 4.49. The molecule has 2 aromatic carbocycles. The number of nitrogens with one attached hydrogen (secondary N) is 1. The fourth-order valence-electron chi connectivity index (χ4n) is 2.45. The minimum Gasteiger partial charge on any atom is -0.348 e. The molecule has 0 aliphatic rings. The zero-order valence-electron chi connectivity index (χ0n) is 14.1. The van der Waals surface area contributed by atoms with Gasteiger partial charge in [0.2, 0.25) is 0 Å². The van der Waals surface area contributed by atoms with Crippen molar-refractivity contribution in [3.05, 3.63) is 83.9 Å². The van der Waals surface area contributed by atoms with Crippen molar-refractivity contribution in [2.24, 2.45) is 0 Å². The molecule has 0 saturated heterocycles. The van der Waals surface area contributed by atoms with Crippen molar-refractivity contribution in [1.82, 2.24) is 14.9 Å². The van der Waals surface area contributed by atoms with Crippen LogP contribution in [0.3, 0.4) is 0 Å². The van der Waals surface area contributed by atoms with E-state index in [0.29, 0.717) is 12.1 Å². The van der Waals surface area contributed by atoms with Crippen molar-refractivity contribution in [1.29, 1.82) is 0 Å².